The molecule has 0 bridgehead atoms. The summed E-state index contributed by atoms with van der Waals surface area (Å²) in [5.74, 6) is 0. The number of halogens is 1. The molecule has 0 amide bonds. The quantitative estimate of drug-likeness (QED) is 0.613. The summed E-state index contributed by atoms with van der Waals surface area (Å²) in [4.78, 5) is 0.301. The van der Waals surface area contributed by atoms with Gasteiger partial charge in [0.2, 0.25) is 0 Å². The van der Waals surface area contributed by atoms with Crippen LogP contribution in [0.1, 0.15) is 12.0 Å². The van der Waals surface area contributed by atoms with Crippen LogP contribution < -0.4 is 5.32 Å². The Morgan fingerprint density at radius 2 is 2.00 bits per heavy atom. The fourth-order valence-corrected chi connectivity index (χ4v) is 1.65. The molecule has 0 aromatic heterocycles. The minimum Gasteiger partial charge on any atom is -0.393 e. The smallest absolute Gasteiger partial charge is 0.0415 e. The molecule has 1 unspecified atom stereocenters. The first-order valence-electron chi connectivity index (χ1n) is 4.53. The van der Waals surface area contributed by atoms with Crippen LogP contribution in [0.5, 0.6) is 0 Å². The van der Waals surface area contributed by atoms with E-state index < -0.39 is 0 Å². The largest absolute Gasteiger partial charge is 0.393 e. The fourth-order valence-electron chi connectivity index (χ4n) is 1.38. The topological polar surface area (TPSA) is 12.0 Å². The second-order valence-corrected chi connectivity index (χ2v) is 4.35. The van der Waals surface area contributed by atoms with Crippen LogP contribution >= 0.6 is 15.9 Å². The van der Waals surface area contributed by atoms with E-state index in [2.05, 4.69) is 46.0 Å². The SMILES string of the molecule is C=C1NC(c2ccccc2)=[C-]CC1Br.[Y]. The second-order valence-electron chi connectivity index (χ2n) is 3.24. The van der Waals surface area contributed by atoms with E-state index in [1.807, 2.05) is 18.2 Å². The van der Waals surface area contributed by atoms with Gasteiger partial charge in [-0.15, -0.1) is 17.8 Å². The van der Waals surface area contributed by atoms with Crippen LogP contribution in [0.15, 0.2) is 42.6 Å². The molecule has 1 nitrogen and oxygen atoms in total. The number of allylic oxidation sites excluding steroid dienone is 2. The predicted molar refractivity (Wildman–Crippen MR) is 62.7 cm³/mol. The first-order chi connectivity index (χ1) is 6.77. The Morgan fingerprint density at radius 1 is 1.33 bits per heavy atom. The number of benzene rings is 1. The molecule has 1 aliphatic heterocycles. The van der Waals surface area contributed by atoms with Crippen LogP contribution in [0.2, 0.25) is 0 Å². The minimum atomic E-state index is 0. The van der Waals surface area contributed by atoms with E-state index in [0.29, 0.717) is 4.83 Å². The zero-order chi connectivity index (χ0) is 9.97. The van der Waals surface area contributed by atoms with Crippen molar-refractivity contribution in [2.45, 2.75) is 11.2 Å². The normalized spacial score (nSPS) is 19.9. The molecule has 15 heavy (non-hydrogen) atoms. The van der Waals surface area contributed by atoms with E-state index in [4.69, 9.17) is 0 Å². The van der Waals surface area contributed by atoms with Crippen LogP contribution in [0, 0.1) is 6.08 Å². The van der Waals surface area contributed by atoms with Gasteiger partial charge in [-0.05, 0) is 0 Å². The molecule has 1 heterocycles. The molecule has 1 atom stereocenters. The Kier molecular flexibility index (Phi) is 5.24. The van der Waals surface area contributed by atoms with Gasteiger partial charge in [0, 0.05) is 43.2 Å². The zero-order valence-electron chi connectivity index (χ0n) is 8.33. The van der Waals surface area contributed by atoms with Crippen molar-refractivity contribution in [3.8, 4) is 0 Å². The Morgan fingerprint density at radius 3 is 2.60 bits per heavy atom. The predicted octanol–water partition coefficient (Wildman–Crippen LogP) is 3.10. The Balaban J connectivity index is 0.00000112. The average Bonchev–Trinajstić information content (AvgIpc) is 2.23. The summed E-state index contributed by atoms with van der Waals surface area (Å²) in [5, 5.41) is 3.25. The van der Waals surface area contributed by atoms with Gasteiger partial charge in [0.15, 0.2) is 0 Å². The van der Waals surface area contributed by atoms with Gasteiger partial charge in [-0.3, -0.25) is 0 Å². The first kappa shape index (κ1) is 13.2. The number of hydrogen-bond donors (Lipinski definition) is 1. The summed E-state index contributed by atoms with van der Waals surface area (Å²) < 4.78 is 0. The number of alkyl halides is 1. The van der Waals surface area contributed by atoms with Crippen LogP contribution in [0.3, 0.4) is 0 Å². The maximum absolute atomic E-state index is 3.95. The number of rotatable bonds is 1. The van der Waals surface area contributed by atoms with Gasteiger partial charge >= 0.3 is 0 Å². The minimum absolute atomic E-state index is 0. The van der Waals surface area contributed by atoms with Gasteiger partial charge in [0.1, 0.15) is 0 Å². The van der Waals surface area contributed by atoms with E-state index in [0.717, 1.165) is 23.4 Å². The van der Waals surface area contributed by atoms with Gasteiger partial charge in [0.25, 0.3) is 0 Å². The van der Waals surface area contributed by atoms with E-state index in [1.54, 1.807) is 0 Å². The molecule has 1 aliphatic rings. The molecular weight excluding hydrogens is 327 g/mol. The average molecular weight is 338 g/mol. The van der Waals surface area contributed by atoms with Crippen molar-refractivity contribution in [3.05, 3.63) is 54.2 Å². The summed E-state index contributed by atoms with van der Waals surface area (Å²) in [5.41, 5.74) is 3.20. The van der Waals surface area contributed by atoms with Crippen molar-refractivity contribution in [1.82, 2.24) is 5.32 Å². The standard InChI is InChI=1S/C12H11BrN.Y/c1-9-11(13)7-8-12(14-9)10-5-3-2-4-6-10;/h2-6,11,14H,1,7H2;/q-1;. The van der Waals surface area contributed by atoms with Gasteiger partial charge < -0.3 is 5.32 Å². The molecular formula is C12H11BrNY-. The third-order valence-corrected chi connectivity index (χ3v) is 3.06. The maximum Gasteiger partial charge on any atom is 0.0415 e. The van der Waals surface area contributed by atoms with Crippen LogP contribution in [-0.2, 0) is 32.7 Å². The first-order valence-corrected chi connectivity index (χ1v) is 5.45. The van der Waals surface area contributed by atoms with E-state index in [-0.39, 0.29) is 32.7 Å². The second kappa shape index (κ2) is 5.98. The van der Waals surface area contributed by atoms with Crippen LogP contribution in [0.4, 0.5) is 0 Å². The molecule has 1 N–H and O–H groups in total. The van der Waals surface area contributed by atoms with E-state index in [1.165, 1.54) is 0 Å². The Bertz CT molecular complexity index is 372. The van der Waals surface area contributed by atoms with Crippen LogP contribution in [0.25, 0.3) is 5.70 Å². The van der Waals surface area contributed by atoms with E-state index >= 15 is 0 Å². The summed E-state index contributed by atoms with van der Waals surface area (Å²) in [6.07, 6.45) is 4.18. The molecule has 0 spiro atoms. The molecule has 75 valence electrons. The maximum atomic E-state index is 3.95. The third kappa shape index (κ3) is 3.27. The fraction of sp³-hybridized carbons (Fsp3) is 0.167. The van der Waals surface area contributed by atoms with Gasteiger partial charge in [-0.2, -0.15) is 5.56 Å². The molecule has 1 radical (unpaired) electrons. The summed E-state index contributed by atoms with van der Waals surface area (Å²) in [6.45, 7) is 3.95. The molecule has 0 saturated heterocycles. The Hall–Kier alpha value is 0.0839. The van der Waals surface area contributed by atoms with Crippen molar-refractivity contribution >= 4 is 21.6 Å². The van der Waals surface area contributed by atoms with Crippen molar-refractivity contribution in [2.75, 3.05) is 0 Å². The summed E-state index contributed by atoms with van der Waals surface area (Å²) in [6, 6.07) is 10.2. The summed E-state index contributed by atoms with van der Waals surface area (Å²) >= 11 is 3.52. The van der Waals surface area contributed by atoms with Gasteiger partial charge in [-0.1, -0.05) is 47.1 Å². The van der Waals surface area contributed by atoms with Crippen molar-refractivity contribution in [2.24, 2.45) is 0 Å². The molecule has 1 aromatic rings. The molecule has 3 heteroatoms. The zero-order valence-corrected chi connectivity index (χ0v) is 12.8. The molecule has 2 rings (SSSR count). The van der Waals surface area contributed by atoms with Crippen molar-refractivity contribution < 1.29 is 32.7 Å². The van der Waals surface area contributed by atoms with Gasteiger partial charge in [-0.25, -0.2) is 6.08 Å². The van der Waals surface area contributed by atoms with Crippen molar-refractivity contribution in [3.63, 3.8) is 0 Å². The summed E-state index contributed by atoms with van der Waals surface area (Å²) in [7, 11) is 0. The third-order valence-electron chi connectivity index (χ3n) is 2.18. The number of hydrogen-bond acceptors (Lipinski definition) is 1. The van der Waals surface area contributed by atoms with Gasteiger partial charge in [0.05, 0.1) is 0 Å². The molecule has 1 aromatic carbocycles. The van der Waals surface area contributed by atoms with Crippen molar-refractivity contribution in [1.29, 1.82) is 0 Å². The Labute approximate surface area is 124 Å². The van der Waals surface area contributed by atoms with Crippen LogP contribution in [-0.4, -0.2) is 4.83 Å². The van der Waals surface area contributed by atoms with E-state index in [9.17, 15) is 0 Å². The number of nitrogens with one attached hydrogen (secondary N) is 1. The molecule has 0 fully saturated rings. The molecule has 0 aliphatic carbocycles. The monoisotopic (exact) mass is 337 g/mol. The molecule has 0 saturated carbocycles.